The number of pyridine rings is 1. The fraction of sp³-hybridized carbons (Fsp3) is 0.270. The molecule has 0 radical (unpaired) electrons. The first kappa shape index (κ1) is 32.8. The quantitative estimate of drug-likeness (QED) is 0.153. The number of nitrogens with two attached hydrogens (primary N) is 1. The highest BCUT2D eigenvalue weighted by Gasteiger charge is 2.24. The Bertz CT molecular complexity index is 1640. The zero-order chi connectivity index (χ0) is 33.1. The minimum atomic E-state index is -1.14. The van der Waals surface area contributed by atoms with Crippen molar-refractivity contribution in [2.45, 2.75) is 65.3 Å². The first-order chi connectivity index (χ1) is 21.1. The maximum atomic E-state index is 12.1. The number of benzene rings is 2. The Morgan fingerprint density at radius 1 is 0.867 bits per heavy atom. The Balaban J connectivity index is 1.79. The van der Waals surface area contributed by atoms with Crippen LogP contribution in [0.25, 0.3) is 0 Å². The van der Waals surface area contributed by atoms with Gasteiger partial charge in [-0.2, -0.15) is 0 Å². The molecular formula is C37H42N4O4. The first-order valence-electron chi connectivity index (χ1n) is 14.9. The Kier molecular flexibility index (Phi) is 9.37. The van der Waals surface area contributed by atoms with Gasteiger partial charge in [-0.1, -0.05) is 71.9 Å². The van der Waals surface area contributed by atoms with Gasteiger partial charge in [0.05, 0.1) is 34.3 Å². The molecule has 234 valence electrons. The topological polar surface area (TPSA) is 129 Å². The van der Waals surface area contributed by atoms with Crippen LogP contribution in [-0.4, -0.2) is 27.1 Å². The van der Waals surface area contributed by atoms with Crippen LogP contribution in [0.4, 0.5) is 17.1 Å². The van der Waals surface area contributed by atoms with Crippen LogP contribution in [0, 0.1) is 0 Å². The molecular weight excluding hydrogens is 564 g/mol. The van der Waals surface area contributed by atoms with Gasteiger partial charge in [0.15, 0.2) is 0 Å². The summed E-state index contributed by atoms with van der Waals surface area (Å²) in [5.41, 5.74) is 12.4. The van der Waals surface area contributed by atoms with Crippen LogP contribution in [0.3, 0.4) is 0 Å². The SMILES string of the molecule is C/C=C(\C=C(/N)C1=CC(C(=O)O)=CC(c2cc(N(c3ccc(C(C)(C)C)cc3)c3ccc(C(C)(C)C)cc3)ccn2)N1)C(=O)O. The lowest BCUT2D eigenvalue weighted by Gasteiger charge is -2.29. The van der Waals surface area contributed by atoms with E-state index < -0.39 is 18.0 Å². The number of anilines is 3. The summed E-state index contributed by atoms with van der Waals surface area (Å²) < 4.78 is 0. The molecule has 1 unspecified atom stereocenters. The van der Waals surface area contributed by atoms with E-state index in [2.05, 4.69) is 105 Å². The molecule has 0 aliphatic carbocycles. The summed E-state index contributed by atoms with van der Waals surface area (Å²) in [4.78, 5) is 30.4. The van der Waals surface area contributed by atoms with Gasteiger partial charge < -0.3 is 26.2 Å². The second-order valence-electron chi connectivity index (χ2n) is 13.1. The number of dihydropyridines is 1. The number of hydrogen-bond acceptors (Lipinski definition) is 6. The molecule has 0 spiro atoms. The van der Waals surface area contributed by atoms with Gasteiger partial charge in [-0.15, -0.1) is 0 Å². The molecule has 2 aromatic carbocycles. The maximum absolute atomic E-state index is 12.1. The number of carbonyl (C=O) groups is 2. The van der Waals surface area contributed by atoms with Crippen molar-refractivity contribution >= 4 is 29.0 Å². The smallest absolute Gasteiger partial charge is 0.335 e. The first-order valence-corrected chi connectivity index (χ1v) is 14.9. The lowest BCUT2D eigenvalue weighted by molar-refractivity contribution is -0.133. The van der Waals surface area contributed by atoms with Crippen LogP contribution in [0.15, 0.2) is 114 Å². The molecule has 2 heterocycles. The number of aromatic nitrogens is 1. The molecule has 45 heavy (non-hydrogen) atoms. The third-order valence-corrected chi connectivity index (χ3v) is 7.71. The van der Waals surface area contributed by atoms with Crippen LogP contribution < -0.4 is 16.0 Å². The largest absolute Gasteiger partial charge is 0.478 e. The summed E-state index contributed by atoms with van der Waals surface area (Å²) in [5.74, 6) is -2.27. The van der Waals surface area contributed by atoms with Gasteiger partial charge >= 0.3 is 11.9 Å². The monoisotopic (exact) mass is 606 g/mol. The van der Waals surface area contributed by atoms with Gasteiger partial charge in [-0.25, -0.2) is 9.59 Å². The minimum absolute atomic E-state index is 0.00204. The summed E-state index contributed by atoms with van der Waals surface area (Å²) in [6.07, 6.45) is 7.38. The maximum Gasteiger partial charge on any atom is 0.335 e. The highest BCUT2D eigenvalue weighted by molar-refractivity contribution is 5.92. The van der Waals surface area contributed by atoms with E-state index in [9.17, 15) is 19.8 Å². The van der Waals surface area contributed by atoms with Crippen molar-refractivity contribution in [1.29, 1.82) is 0 Å². The number of nitrogens with one attached hydrogen (secondary N) is 1. The molecule has 8 nitrogen and oxygen atoms in total. The number of carboxylic acid groups (broad SMARTS) is 2. The molecule has 4 rings (SSSR count). The van der Waals surface area contributed by atoms with E-state index in [4.69, 9.17) is 5.73 Å². The molecule has 1 aliphatic heterocycles. The van der Waals surface area contributed by atoms with E-state index >= 15 is 0 Å². The van der Waals surface area contributed by atoms with Crippen molar-refractivity contribution in [2.24, 2.45) is 5.73 Å². The van der Waals surface area contributed by atoms with E-state index in [0.717, 1.165) is 17.1 Å². The summed E-state index contributed by atoms with van der Waals surface area (Å²) in [7, 11) is 0. The fourth-order valence-electron chi connectivity index (χ4n) is 5.02. The third-order valence-electron chi connectivity index (χ3n) is 7.71. The predicted molar refractivity (Wildman–Crippen MR) is 180 cm³/mol. The molecule has 3 aromatic rings. The Labute approximate surface area is 265 Å². The molecule has 1 aliphatic rings. The summed E-state index contributed by atoms with van der Waals surface area (Å²) in [6, 6.07) is 20.2. The Morgan fingerprint density at radius 2 is 1.40 bits per heavy atom. The standard InChI is InChI=1S/C37H42N4O4/c1-8-23(34(42)43)19-30(38)31-20-24(35(44)45)21-33(40-31)32-22-29(17-18-39-32)41(27-13-9-25(10-14-27)36(2,3)4)28-15-11-26(12-16-28)37(5,6)7/h8-22,33,40H,38H2,1-7H3,(H,42,43)(H,44,45)/b23-8+,30-19-. The average Bonchev–Trinajstić information content (AvgIpc) is 2.99. The molecule has 0 amide bonds. The van der Waals surface area contributed by atoms with E-state index in [-0.39, 0.29) is 27.7 Å². The van der Waals surface area contributed by atoms with Crippen LogP contribution >= 0.6 is 0 Å². The average molecular weight is 607 g/mol. The van der Waals surface area contributed by atoms with Gasteiger partial charge in [0, 0.05) is 23.3 Å². The van der Waals surface area contributed by atoms with Crippen molar-refractivity contribution < 1.29 is 19.8 Å². The summed E-state index contributed by atoms with van der Waals surface area (Å²) in [6.45, 7) is 14.7. The van der Waals surface area contributed by atoms with E-state index in [1.807, 2.05) is 12.1 Å². The number of allylic oxidation sites excluding steroid dienone is 1. The molecule has 1 aromatic heterocycles. The predicted octanol–water partition coefficient (Wildman–Crippen LogP) is 7.56. The normalized spacial score (nSPS) is 15.9. The van der Waals surface area contributed by atoms with Crippen LogP contribution in [0.1, 0.15) is 71.3 Å². The van der Waals surface area contributed by atoms with Gasteiger partial charge in [0.1, 0.15) is 0 Å². The third kappa shape index (κ3) is 7.70. The molecule has 0 fully saturated rings. The minimum Gasteiger partial charge on any atom is -0.478 e. The van der Waals surface area contributed by atoms with Crippen molar-refractivity contribution in [2.75, 3.05) is 4.90 Å². The molecule has 0 saturated heterocycles. The van der Waals surface area contributed by atoms with Crippen LogP contribution in [0.5, 0.6) is 0 Å². The number of rotatable bonds is 8. The highest BCUT2D eigenvalue weighted by atomic mass is 16.4. The lowest BCUT2D eigenvalue weighted by Crippen LogP contribution is -2.28. The number of carboxylic acids is 2. The van der Waals surface area contributed by atoms with Gasteiger partial charge in [0.2, 0.25) is 0 Å². The number of nitrogens with zero attached hydrogens (tertiary/aromatic N) is 2. The number of hydrogen-bond donors (Lipinski definition) is 4. The second-order valence-corrected chi connectivity index (χ2v) is 13.1. The molecule has 0 saturated carbocycles. The molecule has 8 heteroatoms. The van der Waals surface area contributed by atoms with Crippen LogP contribution in [-0.2, 0) is 20.4 Å². The van der Waals surface area contributed by atoms with E-state index in [0.29, 0.717) is 11.4 Å². The van der Waals surface area contributed by atoms with E-state index in [1.54, 1.807) is 19.2 Å². The zero-order valence-corrected chi connectivity index (χ0v) is 26.9. The van der Waals surface area contributed by atoms with Crippen molar-refractivity contribution in [3.05, 3.63) is 131 Å². The Morgan fingerprint density at radius 3 is 1.84 bits per heavy atom. The highest BCUT2D eigenvalue weighted by Crippen LogP contribution is 2.38. The van der Waals surface area contributed by atoms with Gasteiger partial charge in [-0.3, -0.25) is 4.98 Å². The lowest BCUT2D eigenvalue weighted by atomic mass is 9.86. The van der Waals surface area contributed by atoms with Gasteiger partial charge in [0.25, 0.3) is 0 Å². The van der Waals surface area contributed by atoms with Crippen molar-refractivity contribution in [3.8, 4) is 0 Å². The fourth-order valence-corrected chi connectivity index (χ4v) is 5.02. The second kappa shape index (κ2) is 12.9. The van der Waals surface area contributed by atoms with Gasteiger partial charge in [-0.05, 0) is 83.5 Å². The van der Waals surface area contributed by atoms with Crippen molar-refractivity contribution in [1.82, 2.24) is 10.3 Å². The Hall–Kier alpha value is -5.11. The van der Waals surface area contributed by atoms with E-state index in [1.165, 1.54) is 29.4 Å². The molecule has 0 bridgehead atoms. The van der Waals surface area contributed by atoms with Crippen molar-refractivity contribution in [3.63, 3.8) is 0 Å². The molecule has 1 atom stereocenters. The zero-order valence-electron chi connectivity index (χ0n) is 26.9. The summed E-state index contributed by atoms with van der Waals surface area (Å²) >= 11 is 0. The summed E-state index contributed by atoms with van der Waals surface area (Å²) in [5, 5.41) is 22.6. The molecule has 5 N–H and O–H groups in total. The van der Waals surface area contributed by atoms with Crippen LogP contribution in [0.2, 0.25) is 0 Å². The number of aliphatic carboxylic acids is 2.